The second-order valence-electron chi connectivity index (χ2n) is 6.61. The highest BCUT2D eigenvalue weighted by atomic mass is 16.5. The number of imidazole rings is 1. The van der Waals surface area contributed by atoms with E-state index in [0.29, 0.717) is 34.9 Å². The van der Waals surface area contributed by atoms with E-state index in [1.807, 2.05) is 48.4 Å². The van der Waals surface area contributed by atoms with Gasteiger partial charge in [0.2, 0.25) is 5.91 Å². The number of fused-ring (bicyclic) bond motifs is 1. The number of carbonyl (C=O) groups excluding carboxylic acids is 2. The highest BCUT2D eigenvalue weighted by molar-refractivity contribution is 5.99. The van der Waals surface area contributed by atoms with Gasteiger partial charge < -0.3 is 24.5 Å². The maximum atomic E-state index is 12.2. The van der Waals surface area contributed by atoms with Crippen molar-refractivity contribution in [2.75, 3.05) is 19.5 Å². The van der Waals surface area contributed by atoms with E-state index in [1.54, 1.807) is 13.2 Å². The lowest BCUT2D eigenvalue weighted by Gasteiger charge is -2.08. The quantitative estimate of drug-likeness (QED) is 0.685. The zero-order chi connectivity index (χ0) is 20.4. The topological polar surface area (TPSA) is 90.2 Å². The molecule has 0 radical (unpaired) electrons. The number of anilines is 1. The van der Waals surface area contributed by atoms with Gasteiger partial charge in [-0.1, -0.05) is 6.92 Å². The molecule has 0 saturated heterocycles. The van der Waals surface area contributed by atoms with Crippen molar-refractivity contribution in [2.45, 2.75) is 19.8 Å². The molecule has 3 rings (SSSR count). The van der Waals surface area contributed by atoms with Crippen molar-refractivity contribution in [2.24, 2.45) is 14.1 Å². The molecule has 0 spiro atoms. The smallest absolute Gasteiger partial charge is 0.256 e. The molecule has 2 aromatic heterocycles. The van der Waals surface area contributed by atoms with E-state index in [0.717, 1.165) is 17.5 Å². The van der Waals surface area contributed by atoms with Crippen molar-refractivity contribution in [1.29, 1.82) is 0 Å². The molecule has 0 saturated carbocycles. The van der Waals surface area contributed by atoms with Crippen LogP contribution in [0.15, 0.2) is 24.4 Å². The third-order valence-electron chi connectivity index (χ3n) is 4.66. The van der Waals surface area contributed by atoms with Crippen LogP contribution in [0.25, 0.3) is 22.6 Å². The van der Waals surface area contributed by atoms with Crippen molar-refractivity contribution in [1.82, 2.24) is 19.4 Å². The first-order chi connectivity index (χ1) is 13.4. The molecule has 0 unspecified atom stereocenters. The Hall–Kier alpha value is -3.29. The van der Waals surface area contributed by atoms with Crippen LogP contribution in [0, 0.1) is 0 Å². The Morgan fingerprint density at radius 1 is 1.25 bits per heavy atom. The first-order valence-electron chi connectivity index (χ1n) is 9.13. The summed E-state index contributed by atoms with van der Waals surface area (Å²) >= 11 is 0. The van der Waals surface area contributed by atoms with Crippen molar-refractivity contribution >= 4 is 28.5 Å². The average Bonchev–Trinajstić information content (AvgIpc) is 3.17. The Bertz CT molecular complexity index is 1050. The van der Waals surface area contributed by atoms with Gasteiger partial charge in [-0.2, -0.15) is 0 Å². The summed E-state index contributed by atoms with van der Waals surface area (Å²) in [5.41, 5.74) is 3.52. The molecule has 0 aliphatic rings. The van der Waals surface area contributed by atoms with Gasteiger partial charge in [0.1, 0.15) is 5.69 Å². The number of rotatable bonds is 6. The average molecular weight is 383 g/mol. The summed E-state index contributed by atoms with van der Waals surface area (Å²) in [6, 6.07) is 5.63. The largest absolute Gasteiger partial charge is 0.494 e. The second kappa shape index (κ2) is 7.75. The summed E-state index contributed by atoms with van der Waals surface area (Å²) in [7, 11) is 6.87. The van der Waals surface area contributed by atoms with Crippen LogP contribution in [-0.4, -0.2) is 40.1 Å². The van der Waals surface area contributed by atoms with Crippen LogP contribution in [0.1, 0.15) is 30.1 Å². The lowest BCUT2D eigenvalue weighted by Crippen LogP contribution is -2.17. The van der Waals surface area contributed by atoms with Gasteiger partial charge in [-0.3, -0.25) is 9.59 Å². The summed E-state index contributed by atoms with van der Waals surface area (Å²) in [5.74, 6) is 0.897. The van der Waals surface area contributed by atoms with Gasteiger partial charge in [-0.15, -0.1) is 0 Å². The zero-order valence-electron chi connectivity index (χ0n) is 16.8. The molecule has 0 bridgehead atoms. The van der Waals surface area contributed by atoms with E-state index >= 15 is 0 Å². The molecule has 8 nitrogen and oxygen atoms in total. The number of aryl methyl sites for hydroxylation is 2. The van der Waals surface area contributed by atoms with E-state index < -0.39 is 0 Å². The van der Waals surface area contributed by atoms with Gasteiger partial charge in [-0.05, 0) is 24.6 Å². The first-order valence-corrected chi connectivity index (χ1v) is 9.13. The summed E-state index contributed by atoms with van der Waals surface area (Å²) in [6.45, 7) is 1.97. The summed E-state index contributed by atoms with van der Waals surface area (Å²) in [4.78, 5) is 28.8. The molecule has 2 N–H and O–H groups in total. The van der Waals surface area contributed by atoms with Crippen molar-refractivity contribution in [3.05, 3.63) is 30.0 Å². The van der Waals surface area contributed by atoms with Gasteiger partial charge in [-0.25, -0.2) is 4.98 Å². The van der Waals surface area contributed by atoms with Gasteiger partial charge in [0, 0.05) is 39.4 Å². The van der Waals surface area contributed by atoms with Gasteiger partial charge >= 0.3 is 0 Å². The predicted octanol–water partition coefficient (Wildman–Crippen LogP) is 2.69. The second-order valence-corrected chi connectivity index (χ2v) is 6.61. The summed E-state index contributed by atoms with van der Waals surface area (Å²) < 4.78 is 9.31. The lowest BCUT2D eigenvalue weighted by molar-refractivity contribution is -0.116. The van der Waals surface area contributed by atoms with E-state index in [4.69, 9.17) is 9.72 Å². The van der Waals surface area contributed by atoms with Crippen LogP contribution in [0.2, 0.25) is 0 Å². The minimum atomic E-state index is -0.224. The summed E-state index contributed by atoms with van der Waals surface area (Å²) in [6.07, 6.45) is 3.00. The Morgan fingerprint density at radius 2 is 2.00 bits per heavy atom. The van der Waals surface area contributed by atoms with Gasteiger partial charge in [0.15, 0.2) is 11.6 Å². The fraction of sp³-hybridized carbons (Fsp3) is 0.350. The Kier molecular flexibility index (Phi) is 5.39. The van der Waals surface area contributed by atoms with E-state index in [-0.39, 0.29) is 11.8 Å². The number of hydrogen-bond acceptors (Lipinski definition) is 4. The van der Waals surface area contributed by atoms with Crippen LogP contribution in [-0.2, 0) is 18.9 Å². The van der Waals surface area contributed by atoms with Crippen LogP contribution in [0.5, 0.6) is 5.75 Å². The normalized spacial score (nSPS) is 10.9. The van der Waals surface area contributed by atoms with Gasteiger partial charge in [0.25, 0.3) is 5.91 Å². The zero-order valence-corrected chi connectivity index (χ0v) is 16.8. The highest BCUT2D eigenvalue weighted by Crippen LogP contribution is 2.35. The van der Waals surface area contributed by atoms with Crippen molar-refractivity contribution < 1.29 is 14.3 Å². The number of ether oxygens (including phenoxy) is 1. The molecule has 1 aromatic carbocycles. The number of carbonyl (C=O) groups is 2. The number of hydrogen-bond donors (Lipinski definition) is 2. The SMILES string of the molecule is CCCC(=O)Nc1ccc2c(c1)nc(-c1c(OC)c(C(=O)NC)cn1C)n2C. The molecule has 2 heterocycles. The third-order valence-corrected chi connectivity index (χ3v) is 4.66. The van der Waals surface area contributed by atoms with Crippen LogP contribution in [0.3, 0.4) is 0 Å². The Balaban J connectivity index is 2.09. The molecule has 8 heteroatoms. The molecule has 28 heavy (non-hydrogen) atoms. The molecule has 3 aromatic rings. The van der Waals surface area contributed by atoms with Crippen LogP contribution in [0.4, 0.5) is 5.69 Å². The number of benzene rings is 1. The monoisotopic (exact) mass is 383 g/mol. The predicted molar refractivity (Wildman–Crippen MR) is 109 cm³/mol. The molecule has 0 aliphatic heterocycles. The van der Waals surface area contributed by atoms with Gasteiger partial charge in [0.05, 0.1) is 23.7 Å². The maximum Gasteiger partial charge on any atom is 0.256 e. The standard InChI is InChI=1S/C20H25N5O3/c1-6-7-16(26)22-12-8-9-15-14(10-12)23-19(25(15)4)17-18(28-5)13(11-24(17)3)20(27)21-2/h8-11H,6-7H2,1-5H3,(H,21,27)(H,22,26). The Labute approximate surface area is 163 Å². The lowest BCUT2D eigenvalue weighted by atomic mass is 10.2. The first kappa shape index (κ1) is 19.5. The van der Waals surface area contributed by atoms with Crippen LogP contribution >= 0.6 is 0 Å². The van der Waals surface area contributed by atoms with Crippen LogP contribution < -0.4 is 15.4 Å². The number of amides is 2. The Morgan fingerprint density at radius 3 is 2.64 bits per heavy atom. The molecule has 0 aliphatic carbocycles. The molecule has 0 atom stereocenters. The highest BCUT2D eigenvalue weighted by Gasteiger charge is 2.24. The van der Waals surface area contributed by atoms with Crippen molar-refractivity contribution in [3.63, 3.8) is 0 Å². The van der Waals surface area contributed by atoms with Crippen molar-refractivity contribution in [3.8, 4) is 17.3 Å². The fourth-order valence-corrected chi connectivity index (χ4v) is 3.31. The summed E-state index contributed by atoms with van der Waals surface area (Å²) in [5, 5.41) is 5.52. The maximum absolute atomic E-state index is 12.2. The number of methoxy groups -OCH3 is 1. The molecule has 148 valence electrons. The third kappa shape index (κ3) is 3.33. The fourth-order valence-electron chi connectivity index (χ4n) is 3.31. The molecule has 2 amide bonds. The van der Waals surface area contributed by atoms with E-state index in [2.05, 4.69) is 10.6 Å². The number of nitrogens with one attached hydrogen (secondary N) is 2. The number of nitrogens with zero attached hydrogens (tertiary/aromatic N) is 3. The van der Waals surface area contributed by atoms with E-state index in [1.165, 1.54) is 7.11 Å². The van der Waals surface area contributed by atoms with E-state index in [9.17, 15) is 9.59 Å². The molecular weight excluding hydrogens is 358 g/mol. The number of aromatic nitrogens is 3. The minimum absolute atomic E-state index is 0.0164. The minimum Gasteiger partial charge on any atom is -0.494 e. The molecular formula is C20H25N5O3. The molecule has 0 fully saturated rings.